The molecule has 0 spiro atoms. The van der Waals surface area contributed by atoms with Crippen molar-refractivity contribution in [2.75, 3.05) is 11.9 Å². The molecule has 0 aliphatic carbocycles. The molecule has 0 aliphatic heterocycles. The van der Waals surface area contributed by atoms with Gasteiger partial charge in [-0.25, -0.2) is 4.79 Å². The highest BCUT2D eigenvalue weighted by atomic mass is 16.5. The first kappa shape index (κ1) is 20.1. The fourth-order valence-corrected chi connectivity index (χ4v) is 3.33. The van der Waals surface area contributed by atoms with Crippen LogP contribution >= 0.6 is 0 Å². The highest BCUT2D eigenvalue weighted by molar-refractivity contribution is 6.06. The minimum atomic E-state index is -0.545. The van der Waals surface area contributed by atoms with Gasteiger partial charge in [-0.1, -0.05) is 36.4 Å². The van der Waals surface area contributed by atoms with E-state index in [-0.39, 0.29) is 18.3 Å². The number of nitrogens with zero attached hydrogens (tertiary/aromatic N) is 1. The van der Waals surface area contributed by atoms with Crippen molar-refractivity contribution in [1.82, 2.24) is 4.57 Å². The number of anilines is 1. The molecular formula is C25H20N2O4. The number of aromatic nitrogens is 1. The average molecular weight is 412 g/mol. The molecule has 6 heteroatoms. The van der Waals surface area contributed by atoms with Crippen molar-refractivity contribution in [2.24, 2.45) is 7.05 Å². The molecule has 31 heavy (non-hydrogen) atoms. The third kappa shape index (κ3) is 4.38. The van der Waals surface area contributed by atoms with Gasteiger partial charge in [0.15, 0.2) is 12.4 Å². The van der Waals surface area contributed by atoms with Crippen LogP contribution in [-0.2, 0) is 11.8 Å². The van der Waals surface area contributed by atoms with Crippen LogP contribution in [0.5, 0.6) is 0 Å². The second-order valence-electron chi connectivity index (χ2n) is 7.07. The number of nitrogens with one attached hydrogen (secondary N) is 1. The molecule has 0 bridgehead atoms. The van der Waals surface area contributed by atoms with Crippen molar-refractivity contribution in [3.63, 3.8) is 0 Å². The summed E-state index contributed by atoms with van der Waals surface area (Å²) in [6.45, 7) is -0.363. The van der Waals surface area contributed by atoms with E-state index in [1.807, 2.05) is 41.9 Å². The number of fused-ring (bicyclic) bond motifs is 1. The van der Waals surface area contributed by atoms with Crippen LogP contribution in [0.25, 0.3) is 10.9 Å². The maximum atomic E-state index is 12.5. The quantitative estimate of drug-likeness (QED) is 0.374. The Hall–Kier alpha value is -4.19. The molecule has 1 aromatic heterocycles. The summed E-state index contributed by atoms with van der Waals surface area (Å²) in [7, 11) is 1.85. The monoisotopic (exact) mass is 412 g/mol. The minimum absolute atomic E-state index is 0.233. The number of para-hydroxylation sites is 1. The fraction of sp³-hybridized carbons (Fsp3) is 0.0800. The van der Waals surface area contributed by atoms with Crippen molar-refractivity contribution >= 4 is 34.3 Å². The van der Waals surface area contributed by atoms with E-state index >= 15 is 0 Å². The summed E-state index contributed by atoms with van der Waals surface area (Å²) in [6.07, 6.45) is 1.70. The standard InChI is InChI=1S/C25H20N2O4/c1-27-15-21(20-9-5-6-10-22(20)27)25(30)31-16-23(28)17-11-13-19(14-12-17)26-24(29)18-7-3-2-4-8-18/h2-15H,16H2,1H3,(H,26,29). The number of Topliss-reactive ketones (excluding diaryl/α,β-unsaturated/α-hetero) is 1. The highest BCUT2D eigenvalue weighted by Crippen LogP contribution is 2.21. The second-order valence-corrected chi connectivity index (χ2v) is 7.07. The Morgan fingerprint density at radius 3 is 2.26 bits per heavy atom. The van der Waals surface area contributed by atoms with Crippen LogP contribution in [0.2, 0.25) is 0 Å². The Kier molecular flexibility index (Phi) is 5.62. The van der Waals surface area contributed by atoms with E-state index in [1.54, 1.807) is 54.7 Å². The molecule has 0 atom stereocenters. The van der Waals surface area contributed by atoms with Gasteiger partial charge in [-0.3, -0.25) is 9.59 Å². The summed E-state index contributed by atoms with van der Waals surface area (Å²) in [5, 5.41) is 3.56. The van der Waals surface area contributed by atoms with E-state index in [0.29, 0.717) is 22.4 Å². The summed E-state index contributed by atoms with van der Waals surface area (Å²) in [6, 6.07) is 22.8. The molecule has 0 aliphatic rings. The van der Waals surface area contributed by atoms with E-state index in [2.05, 4.69) is 5.32 Å². The maximum Gasteiger partial charge on any atom is 0.340 e. The number of ether oxygens (including phenoxy) is 1. The zero-order valence-electron chi connectivity index (χ0n) is 16.9. The molecule has 0 saturated carbocycles. The molecule has 0 fully saturated rings. The molecule has 4 rings (SSSR count). The van der Waals surface area contributed by atoms with Crippen molar-refractivity contribution in [2.45, 2.75) is 0 Å². The number of benzene rings is 3. The van der Waals surface area contributed by atoms with E-state index < -0.39 is 5.97 Å². The van der Waals surface area contributed by atoms with Crippen molar-refractivity contribution in [3.05, 3.63) is 102 Å². The summed E-state index contributed by atoms with van der Waals surface area (Å²) in [4.78, 5) is 37.1. The number of hydrogen-bond acceptors (Lipinski definition) is 4. The van der Waals surface area contributed by atoms with Crippen LogP contribution in [0.1, 0.15) is 31.1 Å². The summed E-state index contributed by atoms with van der Waals surface area (Å²) in [5.41, 5.74) is 2.84. The van der Waals surface area contributed by atoms with Gasteiger partial charge in [0.1, 0.15) is 0 Å². The topological polar surface area (TPSA) is 77.4 Å². The molecule has 3 aromatic carbocycles. The summed E-state index contributed by atoms with van der Waals surface area (Å²) in [5.74, 6) is -1.10. The smallest absolute Gasteiger partial charge is 0.340 e. The molecule has 4 aromatic rings. The third-order valence-corrected chi connectivity index (χ3v) is 4.95. The van der Waals surface area contributed by atoms with Gasteiger partial charge < -0.3 is 14.6 Å². The lowest BCUT2D eigenvalue weighted by atomic mass is 10.1. The first-order valence-electron chi connectivity index (χ1n) is 9.74. The normalized spacial score (nSPS) is 10.6. The van der Waals surface area contributed by atoms with Crippen LogP contribution in [0.3, 0.4) is 0 Å². The Balaban J connectivity index is 1.37. The van der Waals surface area contributed by atoms with Crippen LogP contribution in [0.15, 0.2) is 85.1 Å². The number of rotatable bonds is 6. The van der Waals surface area contributed by atoms with Crippen LogP contribution in [0.4, 0.5) is 5.69 Å². The Morgan fingerprint density at radius 1 is 0.839 bits per heavy atom. The molecule has 0 unspecified atom stereocenters. The zero-order valence-corrected chi connectivity index (χ0v) is 16.9. The minimum Gasteiger partial charge on any atom is -0.454 e. The predicted octanol–water partition coefficient (Wildman–Crippen LogP) is 4.47. The van der Waals surface area contributed by atoms with Gasteiger partial charge in [0.25, 0.3) is 5.91 Å². The summed E-state index contributed by atoms with van der Waals surface area (Å²) >= 11 is 0. The lowest BCUT2D eigenvalue weighted by Crippen LogP contribution is -2.15. The van der Waals surface area contributed by atoms with Crippen LogP contribution in [-0.4, -0.2) is 28.8 Å². The van der Waals surface area contributed by atoms with Gasteiger partial charge in [0.2, 0.25) is 0 Å². The van der Waals surface area contributed by atoms with E-state index in [4.69, 9.17) is 4.74 Å². The molecule has 1 amide bonds. The predicted molar refractivity (Wildman–Crippen MR) is 118 cm³/mol. The van der Waals surface area contributed by atoms with Crippen LogP contribution < -0.4 is 5.32 Å². The number of amides is 1. The molecule has 1 heterocycles. The van der Waals surface area contributed by atoms with Gasteiger partial charge in [-0.15, -0.1) is 0 Å². The lowest BCUT2D eigenvalue weighted by Gasteiger charge is -2.07. The molecule has 0 saturated heterocycles. The number of aryl methyl sites for hydroxylation is 1. The Bertz CT molecular complexity index is 1260. The lowest BCUT2D eigenvalue weighted by molar-refractivity contribution is 0.0476. The van der Waals surface area contributed by atoms with E-state index in [0.717, 1.165) is 10.9 Å². The maximum absolute atomic E-state index is 12.5. The largest absolute Gasteiger partial charge is 0.454 e. The van der Waals surface area contributed by atoms with Gasteiger partial charge in [0.05, 0.1) is 5.56 Å². The second kappa shape index (κ2) is 8.67. The number of esters is 1. The highest BCUT2D eigenvalue weighted by Gasteiger charge is 2.17. The van der Waals surface area contributed by atoms with Gasteiger partial charge in [-0.05, 0) is 42.5 Å². The number of carbonyl (C=O) groups is 3. The van der Waals surface area contributed by atoms with E-state index in [1.165, 1.54) is 0 Å². The Labute approximate surface area is 179 Å². The zero-order chi connectivity index (χ0) is 21.8. The van der Waals surface area contributed by atoms with Gasteiger partial charge in [0, 0.05) is 41.0 Å². The molecular weight excluding hydrogens is 392 g/mol. The number of ketones is 1. The molecule has 1 N–H and O–H groups in total. The molecule has 154 valence electrons. The van der Waals surface area contributed by atoms with Crippen LogP contribution in [0, 0.1) is 0 Å². The first-order chi connectivity index (χ1) is 15.0. The third-order valence-electron chi connectivity index (χ3n) is 4.95. The van der Waals surface area contributed by atoms with Crippen molar-refractivity contribution in [1.29, 1.82) is 0 Å². The number of carbonyl (C=O) groups excluding carboxylic acids is 3. The molecule has 6 nitrogen and oxygen atoms in total. The number of hydrogen-bond donors (Lipinski definition) is 1. The summed E-state index contributed by atoms with van der Waals surface area (Å²) < 4.78 is 7.09. The van der Waals surface area contributed by atoms with Crippen molar-refractivity contribution < 1.29 is 19.1 Å². The fourth-order valence-electron chi connectivity index (χ4n) is 3.33. The Morgan fingerprint density at radius 2 is 1.52 bits per heavy atom. The molecule has 0 radical (unpaired) electrons. The average Bonchev–Trinajstić information content (AvgIpc) is 3.15. The van der Waals surface area contributed by atoms with Gasteiger partial charge >= 0.3 is 5.97 Å². The SMILES string of the molecule is Cn1cc(C(=O)OCC(=O)c2ccc(NC(=O)c3ccccc3)cc2)c2ccccc21. The first-order valence-corrected chi connectivity index (χ1v) is 9.74. The van der Waals surface area contributed by atoms with Crippen molar-refractivity contribution in [3.8, 4) is 0 Å². The van der Waals surface area contributed by atoms with Gasteiger partial charge in [-0.2, -0.15) is 0 Å². The van der Waals surface area contributed by atoms with E-state index in [9.17, 15) is 14.4 Å².